The number of aliphatic imine (C=N–C) groups is 1. The second-order valence-electron chi connectivity index (χ2n) is 8.88. The lowest BCUT2D eigenvalue weighted by atomic mass is 9.96. The number of rotatable bonds is 9. The van der Waals surface area contributed by atoms with Crippen LogP contribution in [0.4, 0.5) is 0 Å². The molecule has 1 aromatic carbocycles. The number of fused-ring (bicyclic) bond motifs is 2. The van der Waals surface area contributed by atoms with E-state index in [0.29, 0.717) is 30.1 Å². The van der Waals surface area contributed by atoms with Gasteiger partial charge in [0.05, 0.1) is 6.10 Å². The fraction of sp³-hybridized carbons (Fsp3) is 0.708. The Hall–Kier alpha value is -0.860. The molecule has 0 amide bonds. The third-order valence-electron chi connectivity index (χ3n) is 6.50. The number of ether oxygens (including phenoxy) is 1. The highest BCUT2D eigenvalue weighted by Crippen LogP contribution is 2.36. The lowest BCUT2D eigenvalue weighted by Crippen LogP contribution is -2.52. The van der Waals surface area contributed by atoms with Gasteiger partial charge in [-0.1, -0.05) is 44.2 Å². The molecule has 5 nitrogen and oxygen atoms in total. The Balaban J connectivity index is 0.00000320. The van der Waals surface area contributed by atoms with Gasteiger partial charge in [0.2, 0.25) is 0 Å². The number of benzene rings is 1. The second kappa shape index (κ2) is 12.9. The fourth-order valence-electron chi connectivity index (χ4n) is 4.99. The molecular weight excluding hydrogens is 487 g/mol. The summed E-state index contributed by atoms with van der Waals surface area (Å²) in [5, 5.41) is 7.20. The highest BCUT2D eigenvalue weighted by atomic mass is 127. The number of halogens is 1. The molecule has 30 heavy (non-hydrogen) atoms. The summed E-state index contributed by atoms with van der Waals surface area (Å²) >= 11 is 0. The van der Waals surface area contributed by atoms with Crippen molar-refractivity contribution < 1.29 is 4.74 Å². The van der Waals surface area contributed by atoms with Crippen LogP contribution < -0.4 is 10.6 Å². The van der Waals surface area contributed by atoms with Crippen molar-refractivity contribution in [3.05, 3.63) is 35.9 Å². The summed E-state index contributed by atoms with van der Waals surface area (Å²) in [4.78, 5) is 7.20. The zero-order valence-electron chi connectivity index (χ0n) is 19.1. The molecule has 3 atom stereocenters. The van der Waals surface area contributed by atoms with Crippen LogP contribution in [0, 0.1) is 5.92 Å². The van der Waals surface area contributed by atoms with Crippen LogP contribution in [0.5, 0.6) is 0 Å². The number of hydrogen-bond acceptors (Lipinski definition) is 3. The third kappa shape index (κ3) is 7.09. The average Bonchev–Trinajstić information content (AvgIpc) is 2.95. The molecule has 2 aliphatic rings. The Kier molecular flexibility index (Phi) is 10.9. The molecule has 0 spiro atoms. The molecule has 0 radical (unpaired) electrons. The fourth-order valence-corrected chi connectivity index (χ4v) is 4.99. The van der Waals surface area contributed by atoms with Gasteiger partial charge in [-0.3, -0.25) is 9.89 Å². The Morgan fingerprint density at radius 2 is 1.83 bits per heavy atom. The minimum absolute atomic E-state index is 0. The summed E-state index contributed by atoms with van der Waals surface area (Å²) in [6.07, 6.45) is 6.38. The maximum atomic E-state index is 5.86. The topological polar surface area (TPSA) is 48.9 Å². The molecule has 2 heterocycles. The first-order valence-corrected chi connectivity index (χ1v) is 11.5. The Morgan fingerprint density at radius 1 is 1.17 bits per heavy atom. The average molecular weight is 529 g/mol. The predicted octanol–water partition coefficient (Wildman–Crippen LogP) is 4.42. The quantitative estimate of drug-likeness (QED) is 0.283. The van der Waals surface area contributed by atoms with Crippen molar-refractivity contribution in [1.29, 1.82) is 0 Å². The van der Waals surface area contributed by atoms with E-state index in [9.17, 15) is 0 Å². The van der Waals surface area contributed by atoms with Crippen LogP contribution in [0.15, 0.2) is 35.3 Å². The molecule has 3 rings (SSSR count). The third-order valence-corrected chi connectivity index (χ3v) is 6.50. The highest BCUT2D eigenvalue weighted by Gasteiger charge is 2.40. The first-order valence-electron chi connectivity index (χ1n) is 11.5. The number of piperidine rings is 1. The lowest BCUT2D eigenvalue weighted by Gasteiger charge is -2.39. The van der Waals surface area contributed by atoms with Gasteiger partial charge < -0.3 is 15.4 Å². The normalized spacial score (nSPS) is 25.1. The van der Waals surface area contributed by atoms with Crippen molar-refractivity contribution in [2.24, 2.45) is 10.9 Å². The molecule has 170 valence electrons. The van der Waals surface area contributed by atoms with E-state index in [0.717, 1.165) is 32.1 Å². The maximum absolute atomic E-state index is 5.86. The Morgan fingerprint density at radius 3 is 2.40 bits per heavy atom. The zero-order valence-corrected chi connectivity index (χ0v) is 21.5. The second-order valence-corrected chi connectivity index (χ2v) is 8.88. The number of hydrogen-bond donors (Lipinski definition) is 2. The summed E-state index contributed by atoms with van der Waals surface area (Å²) < 4.78 is 5.86. The first-order chi connectivity index (χ1) is 14.1. The van der Waals surface area contributed by atoms with Crippen LogP contribution in [-0.4, -0.2) is 55.3 Å². The summed E-state index contributed by atoms with van der Waals surface area (Å²) in [7, 11) is 1.87. The highest BCUT2D eigenvalue weighted by molar-refractivity contribution is 14.0. The number of nitrogens with one attached hydrogen (secondary N) is 2. The van der Waals surface area contributed by atoms with Crippen molar-refractivity contribution in [3.8, 4) is 0 Å². The molecular formula is C24H41IN4O. The zero-order chi connectivity index (χ0) is 20.6. The van der Waals surface area contributed by atoms with Crippen molar-refractivity contribution in [3.63, 3.8) is 0 Å². The number of nitrogens with zero attached hydrogens (tertiary/aromatic N) is 2. The van der Waals surface area contributed by atoms with Crippen LogP contribution in [0.1, 0.15) is 58.4 Å². The predicted molar refractivity (Wildman–Crippen MR) is 137 cm³/mol. The van der Waals surface area contributed by atoms with Crippen molar-refractivity contribution in [2.75, 3.05) is 20.2 Å². The summed E-state index contributed by atoms with van der Waals surface area (Å²) in [5.41, 5.74) is 1.43. The minimum Gasteiger partial charge on any atom is -0.378 e. The minimum atomic E-state index is 0. The van der Waals surface area contributed by atoms with E-state index >= 15 is 0 Å². The summed E-state index contributed by atoms with van der Waals surface area (Å²) in [6.45, 7) is 9.28. The van der Waals surface area contributed by atoms with E-state index in [1.54, 1.807) is 0 Å². The standard InChI is InChI=1S/C24H40N4O.HI/c1-5-29-23(18(2)3)13-14-26-24(25-4)27-20-15-21-11-12-22(16-20)28(21)17-19-9-7-6-8-10-19;/h6-10,18,20-23H,5,11-17H2,1-4H3,(H2,25,26,27);1H. The molecule has 0 aromatic heterocycles. The van der Waals surface area contributed by atoms with Gasteiger partial charge in [-0.2, -0.15) is 0 Å². The first kappa shape index (κ1) is 25.4. The smallest absolute Gasteiger partial charge is 0.191 e. The molecule has 0 saturated carbocycles. The van der Waals surface area contributed by atoms with Gasteiger partial charge in [0.25, 0.3) is 0 Å². The van der Waals surface area contributed by atoms with Crippen molar-refractivity contribution >= 4 is 29.9 Å². The molecule has 6 heteroatoms. The van der Waals surface area contributed by atoms with Gasteiger partial charge in [0.1, 0.15) is 0 Å². The largest absolute Gasteiger partial charge is 0.378 e. The van der Waals surface area contributed by atoms with Gasteiger partial charge in [0.15, 0.2) is 5.96 Å². The molecule has 0 aliphatic carbocycles. The van der Waals surface area contributed by atoms with Crippen molar-refractivity contribution in [2.45, 2.75) is 83.6 Å². The van der Waals surface area contributed by atoms with Gasteiger partial charge >= 0.3 is 0 Å². The van der Waals surface area contributed by atoms with Gasteiger partial charge in [0, 0.05) is 44.9 Å². The molecule has 3 unspecified atom stereocenters. The molecule has 2 fully saturated rings. The monoisotopic (exact) mass is 528 g/mol. The van der Waals surface area contributed by atoms with Crippen LogP contribution in [0.3, 0.4) is 0 Å². The van der Waals surface area contributed by atoms with E-state index in [-0.39, 0.29) is 24.0 Å². The van der Waals surface area contributed by atoms with E-state index in [1.165, 1.54) is 31.2 Å². The van der Waals surface area contributed by atoms with Crippen LogP contribution in [0.25, 0.3) is 0 Å². The molecule has 1 aromatic rings. The lowest BCUT2D eigenvalue weighted by molar-refractivity contribution is 0.0258. The molecule has 2 saturated heterocycles. The molecule has 2 bridgehead atoms. The Labute approximate surface area is 200 Å². The van der Waals surface area contributed by atoms with Gasteiger partial charge in [-0.15, -0.1) is 24.0 Å². The van der Waals surface area contributed by atoms with E-state index in [4.69, 9.17) is 4.74 Å². The molecule has 2 N–H and O–H groups in total. The Bertz CT molecular complexity index is 625. The summed E-state index contributed by atoms with van der Waals surface area (Å²) in [6, 6.07) is 12.8. The van der Waals surface area contributed by atoms with E-state index in [1.807, 2.05) is 7.05 Å². The van der Waals surface area contributed by atoms with Gasteiger partial charge in [-0.05, 0) is 50.5 Å². The van der Waals surface area contributed by atoms with E-state index in [2.05, 4.69) is 71.6 Å². The van der Waals surface area contributed by atoms with Crippen LogP contribution in [-0.2, 0) is 11.3 Å². The van der Waals surface area contributed by atoms with Crippen LogP contribution >= 0.6 is 24.0 Å². The maximum Gasteiger partial charge on any atom is 0.191 e. The summed E-state index contributed by atoms with van der Waals surface area (Å²) in [5.74, 6) is 1.47. The van der Waals surface area contributed by atoms with E-state index < -0.39 is 0 Å². The van der Waals surface area contributed by atoms with Crippen molar-refractivity contribution in [1.82, 2.24) is 15.5 Å². The van der Waals surface area contributed by atoms with Crippen LogP contribution in [0.2, 0.25) is 0 Å². The molecule has 2 aliphatic heterocycles. The SMILES string of the molecule is CCOC(CCNC(=NC)NC1CC2CCC(C1)N2Cc1ccccc1)C(C)C.I. The van der Waals surface area contributed by atoms with Gasteiger partial charge in [-0.25, -0.2) is 0 Å². The number of guanidine groups is 1.